The minimum absolute atomic E-state index is 0.181. The summed E-state index contributed by atoms with van der Waals surface area (Å²) in [5, 5.41) is 9.31. The predicted octanol–water partition coefficient (Wildman–Crippen LogP) is 4.78. The number of unbranched alkanes of at least 4 members (excludes halogenated alkanes) is 2. The Morgan fingerprint density at radius 2 is 1.58 bits per heavy atom. The lowest BCUT2D eigenvalue weighted by Crippen LogP contribution is -2.29. The molecule has 0 bridgehead atoms. The molecule has 2 nitrogen and oxygen atoms in total. The lowest BCUT2D eigenvalue weighted by Gasteiger charge is -2.33. The third-order valence-electron chi connectivity index (χ3n) is 3.89. The van der Waals surface area contributed by atoms with Crippen molar-refractivity contribution >= 4 is 5.97 Å². The van der Waals surface area contributed by atoms with Crippen molar-refractivity contribution in [3.8, 4) is 0 Å². The first-order chi connectivity index (χ1) is 9.14. The summed E-state index contributed by atoms with van der Waals surface area (Å²) in [5.41, 5.74) is 1.01. The summed E-state index contributed by atoms with van der Waals surface area (Å²) >= 11 is 0. The zero-order valence-electron chi connectivity index (χ0n) is 12.2. The van der Waals surface area contributed by atoms with Gasteiger partial charge in [0.25, 0.3) is 0 Å². The summed E-state index contributed by atoms with van der Waals surface area (Å²) in [6, 6.07) is 10.2. The van der Waals surface area contributed by atoms with E-state index in [4.69, 9.17) is 0 Å². The molecule has 0 spiro atoms. The Morgan fingerprint density at radius 3 is 2.00 bits per heavy atom. The number of carbonyl (C=O) groups is 1. The fraction of sp³-hybridized carbons (Fsp3) is 0.588. The molecule has 0 aliphatic rings. The van der Waals surface area contributed by atoms with Gasteiger partial charge < -0.3 is 5.11 Å². The topological polar surface area (TPSA) is 37.3 Å². The van der Waals surface area contributed by atoms with Gasteiger partial charge in [0.1, 0.15) is 0 Å². The molecule has 0 saturated carbocycles. The zero-order valence-corrected chi connectivity index (χ0v) is 12.2. The third kappa shape index (κ3) is 4.70. The van der Waals surface area contributed by atoms with E-state index in [9.17, 15) is 9.90 Å². The van der Waals surface area contributed by atoms with E-state index in [-0.39, 0.29) is 11.8 Å². The highest BCUT2D eigenvalue weighted by Crippen LogP contribution is 2.38. The van der Waals surface area contributed by atoms with Gasteiger partial charge in [0.05, 0.1) is 6.42 Å². The molecule has 0 unspecified atom stereocenters. The largest absolute Gasteiger partial charge is 0.481 e. The minimum Gasteiger partial charge on any atom is -0.481 e. The van der Waals surface area contributed by atoms with Crippen LogP contribution in [-0.2, 0) is 10.2 Å². The van der Waals surface area contributed by atoms with E-state index in [0.29, 0.717) is 0 Å². The number of benzene rings is 1. The van der Waals surface area contributed by atoms with Gasteiger partial charge in [-0.05, 0) is 18.4 Å². The second kappa shape index (κ2) is 7.98. The van der Waals surface area contributed by atoms with Crippen LogP contribution in [-0.4, -0.2) is 11.1 Å². The van der Waals surface area contributed by atoms with Crippen molar-refractivity contribution in [3.63, 3.8) is 0 Å². The Morgan fingerprint density at radius 1 is 1.05 bits per heavy atom. The van der Waals surface area contributed by atoms with E-state index >= 15 is 0 Å². The average Bonchev–Trinajstić information content (AvgIpc) is 2.42. The van der Waals surface area contributed by atoms with Gasteiger partial charge in [0.2, 0.25) is 0 Å². The zero-order chi connectivity index (χ0) is 14.1. The van der Waals surface area contributed by atoms with Crippen LogP contribution < -0.4 is 0 Å². The Kier molecular flexibility index (Phi) is 6.61. The predicted molar refractivity (Wildman–Crippen MR) is 79.4 cm³/mol. The Balaban J connectivity index is 3.04. The SMILES string of the molecule is CCCCC(CCCC)(CC(=O)O)c1ccccc1. The van der Waals surface area contributed by atoms with Gasteiger partial charge in [0.15, 0.2) is 0 Å². The average molecular weight is 262 g/mol. The first kappa shape index (κ1) is 15.7. The summed E-state index contributed by atoms with van der Waals surface area (Å²) in [7, 11) is 0. The molecule has 1 rings (SSSR count). The highest BCUT2D eigenvalue weighted by atomic mass is 16.4. The Bertz CT molecular complexity index is 362. The smallest absolute Gasteiger partial charge is 0.304 e. The fourth-order valence-corrected chi connectivity index (χ4v) is 2.80. The van der Waals surface area contributed by atoms with E-state index in [1.54, 1.807) is 0 Å². The molecule has 0 aliphatic heterocycles. The van der Waals surface area contributed by atoms with Crippen LogP contribution in [0.25, 0.3) is 0 Å². The second-order valence-corrected chi connectivity index (χ2v) is 5.42. The van der Waals surface area contributed by atoms with Crippen LogP contribution in [0, 0.1) is 0 Å². The molecular formula is C17H26O2. The van der Waals surface area contributed by atoms with Crippen LogP contribution in [0.5, 0.6) is 0 Å². The molecular weight excluding hydrogens is 236 g/mol. The maximum Gasteiger partial charge on any atom is 0.304 e. The number of rotatable bonds is 9. The summed E-state index contributed by atoms with van der Waals surface area (Å²) in [4.78, 5) is 11.3. The number of aliphatic carboxylic acids is 1. The monoisotopic (exact) mass is 262 g/mol. The van der Waals surface area contributed by atoms with Gasteiger partial charge in [-0.1, -0.05) is 69.9 Å². The number of carboxylic acid groups (broad SMARTS) is 1. The summed E-state index contributed by atoms with van der Waals surface area (Å²) in [6.45, 7) is 4.33. The van der Waals surface area contributed by atoms with Crippen molar-refractivity contribution in [2.45, 2.75) is 64.2 Å². The molecule has 0 atom stereocenters. The molecule has 0 saturated heterocycles. The number of hydrogen-bond donors (Lipinski definition) is 1. The van der Waals surface area contributed by atoms with E-state index in [1.807, 2.05) is 18.2 Å². The lowest BCUT2D eigenvalue weighted by molar-refractivity contribution is -0.138. The molecule has 19 heavy (non-hydrogen) atoms. The highest BCUT2D eigenvalue weighted by molar-refractivity contribution is 5.69. The van der Waals surface area contributed by atoms with Gasteiger partial charge in [-0.15, -0.1) is 0 Å². The van der Waals surface area contributed by atoms with E-state index in [1.165, 1.54) is 5.56 Å². The van der Waals surface area contributed by atoms with Crippen LogP contribution in [0.1, 0.15) is 64.4 Å². The van der Waals surface area contributed by atoms with E-state index in [0.717, 1.165) is 38.5 Å². The fourth-order valence-electron chi connectivity index (χ4n) is 2.80. The first-order valence-corrected chi connectivity index (χ1v) is 7.42. The number of carboxylic acids is 1. The van der Waals surface area contributed by atoms with Crippen molar-refractivity contribution in [1.29, 1.82) is 0 Å². The van der Waals surface area contributed by atoms with Crippen LogP contribution in [0.2, 0.25) is 0 Å². The maximum absolute atomic E-state index is 11.3. The minimum atomic E-state index is -0.684. The van der Waals surface area contributed by atoms with Gasteiger partial charge in [-0.3, -0.25) is 4.79 Å². The molecule has 1 aromatic carbocycles. The van der Waals surface area contributed by atoms with Crippen LogP contribution in [0.15, 0.2) is 30.3 Å². The summed E-state index contributed by atoms with van der Waals surface area (Å²) in [6.07, 6.45) is 6.59. The Hall–Kier alpha value is -1.31. The molecule has 1 N–H and O–H groups in total. The van der Waals surface area contributed by atoms with Gasteiger partial charge in [0, 0.05) is 5.41 Å². The second-order valence-electron chi connectivity index (χ2n) is 5.42. The van der Waals surface area contributed by atoms with E-state index in [2.05, 4.69) is 26.0 Å². The van der Waals surface area contributed by atoms with Crippen LogP contribution in [0.4, 0.5) is 0 Å². The van der Waals surface area contributed by atoms with Crippen molar-refractivity contribution < 1.29 is 9.90 Å². The van der Waals surface area contributed by atoms with Crippen LogP contribution in [0.3, 0.4) is 0 Å². The molecule has 0 amide bonds. The van der Waals surface area contributed by atoms with Gasteiger partial charge >= 0.3 is 5.97 Å². The molecule has 0 aliphatic carbocycles. The van der Waals surface area contributed by atoms with Crippen molar-refractivity contribution in [1.82, 2.24) is 0 Å². The summed E-state index contributed by atoms with van der Waals surface area (Å²) < 4.78 is 0. The van der Waals surface area contributed by atoms with Crippen molar-refractivity contribution in [2.75, 3.05) is 0 Å². The van der Waals surface area contributed by atoms with Crippen molar-refractivity contribution in [3.05, 3.63) is 35.9 Å². The molecule has 2 heteroatoms. The molecule has 0 heterocycles. The first-order valence-electron chi connectivity index (χ1n) is 7.42. The molecule has 0 fully saturated rings. The molecule has 0 radical (unpaired) electrons. The number of hydrogen-bond acceptors (Lipinski definition) is 1. The van der Waals surface area contributed by atoms with Gasteiger partial charge in [-0.2, -0.15) is 0 Å². The molecule has 106 valence electrons. The van der Waals surface area contributed by atoms with E-state index < -0.39 is 5.97 Å². The van der Waals surface area contributed by atoms with Gasteiger partial charge in [-0.25, -0.2) is 0 Å². The molecule has 1 aromatic rings. The summed E-state index contributed by atoms with van der Waals surface area (Å²) in [5.74, 6) is -0.684. The highest BCUT2D eigenvalue weighted by Gasteiger charge is 2.33. The quantitative estimate of drug-likeness (QED) is 0.695. The van der Waals surface area contributed by atoms with Crippen molar-refractivity contribution in [2.24, 2.45) is 0 Å². The van der Waals surface area contributed by atoms with Crippen LogP contribution >= 0.6 is 0 Å². The Labute approximate surface area is 116 Å². The maximum atomic E-state index is 11.3. The molecule has 0 aromatic heterocycles. The third-order valence-corrected chi connectivity index (χ3v) is 3.89. The lowest BCUT2D eigenvalue weighted by atomic mass is 9.70. The normalized spacial score (nSPS) is 11.5. The standard InChI is InChI=1S/C17H26O2/c1-3-5-12-17(13-6-4-2,14-16(18)19)15-10-8-7-9-11-15/h7-11H,3-6,12-14H2,1-2H3,(H,18,19).